The Hall–Kier alpha value is -3.07. The lowest BCUT2D eigenvalue weighted by Gasteiger charge is -2.55. The molecule has 1 N–H and O–H groups in total. The molecule has 2 aliphatic heterocycles. The van der Waals surface area contributed by atoms with Crippen LogP contribution in [0.3, 0.4) is 0 Å². The number of benzene rings is 1. The highest BCUT2D eigenvalue weighted by atomic mass is 16.6. The first kappa shape index (κ1) is 29.0. The number of piperidine rings is 2. The molecule has 9 nitrogen and oxygen atoms in total. The second-order valence-electron chi connectivity index (χ2n) is 14.0. The van der Waals surface area contributed by atoms with Gasteiger partial charge in [0.05, 0.1) is 17.2 Å². The highest BCUT2D eigenvalue weighted by Gasteiger charge is 2.45. The normalized spacial score (nSPS) is 29.9. The number of para-hydroxylation sites is 2. The molecule has 1 aromatic heterocycles. The number of aliphatic imine (C=N–C) groups is 1. The monoisotopic (exact) mass is 575 g/mol. The number of carbonyl (C=O) groups is 2. The van der Waals surface area contributed by atoms with Crippen LogP contribution >= 0.6 is 0 Å². The maximum Gasteiger partial charge on any atom is 0.328 e. The fraction of sp³-hybridized carbons (Fsp3) is 0.667. The molecule has 2 aliphatic carbocycles. The predicted octanol–water partition coefficient (Wildman–Crippen LogP) is 5.27. The summed E-state index contributed by atoms with van der Waals surface area (Å²) in [5.74, 6) is 0.666. The van der Waals surface area contributed by atoms with Gasteiger partial charge < -0.3 is 14.6 Å². The number of hydrogen-bond acceptors (Lipinski definition) is 7. The van der Waals surface area contributed by atoms with Crippen LogP contribution in [0.4, 0.5) is 5.82 Å². The number of ether oxygens (including phenoxy) is 1. The Balaban J connectivity index is 1.22. The van der Waals surface area contributed by atoms with Gasteiger partial charge in [-0.15, -0.1) is 0 Å². The Morgan fingerprint density at radius 3 is 2.31 bits per heavy atom. The van der Waals surface area contributed by atoms with Gasteiger partial charge in [0.2, 0.25) is 0 Å². The summed E-state index contributed by atoms with van der Waals surface area (Å²) >= 11 is 0. The van der Waals surface area contributed by atoms with Crippen molar-refractivity contribution in [3.63, 3.8) is 0 Å². The molecular weight excluding hydrogens is 530 g/mol. The predicted molar refractivity (Wildman–Crippen MR) is 164 cm³/mol. The number of fused-ring (bicyclic) bond motifs is 5. The molecule has 4 aliphatic rings. The van der Waals surface area contributed by atoms with Crippen LogP contribution in [0.25, 0.3) is 11.0 Å². The molecule has 1 amide bonds. The summed E-state index contributed by atoms with van der Waals surface area (Å²) in [6.07, 6.45) is 14.9. The molecule has 3 heterocycles. The van der Waals surface area contributed by atoms with E-state index in [2.05, 4.69) is 20.2 Å². The number of aromatic nitrogens is 2. The van der Waals surface area contributed by atoms with Crippen LogP contribution < -0.4 is 10.9 Å². The van der Waals surface area contributed by atoms with Gasteiger partial charge in [0, 0.05) is 24.2 Å². The Bertz CT molecular complexity index is 1390. The number of nitrogens with zero attached hydrogens (tertiary/aromatic N) is 4. The lowest BCUT2D eigenvalue weighted by Crippen LogP contribution is -2.58. The van der Waals surface area contributed by atoms with Crippen LogP contribution in [-0.4, -0.2) is 62.8 Å². The second-order valence-corrected chi connectivity index (χ2v) is 14.0. The van der Waals surface area contributed by atoms with E-state index in [1.807, 2.05) is 28.8 Å². The standard InChI is InChI=1S/C33H45N5O4/c1-33(2,3)42-30(40)20-34-19-29(39)36-31-32(41)38(28-13-5-4-12-27(28)35-31)26-17-23-10-7-11-24(18-26)37(23)25-15-21-8-6-9-22(14-21)16-25/h4-5,12-13,19,21-26H,6-11,14-18,20H2,1-3H3,(H,35,36,39)/t21?,22?,23-,24?,25?,26?/m1/s1. The third-order valence-corrected chi connectivity index (χ3v) is 9.78. The van der Waals surface area contributed by atoms with Crippen LogP contribution in [-0.2, 0) is 14.3 Å². The minimum absolute atomic E-state index is 0.00453. The highest BCUT2D eigenvalue weighted by molar-refractivity contribution is 6.31. The van der Waals surface area contributed by atoms with E-state index in [-0.39, 0.29) is 24.0 Å². The van der Waals surface area contributed by atoms with Crippen molar-refractivity contribution < 1.29 is 14.3 Å². The zero-order chi connectivity index (χ0) is 29.4. The molecule has 6 rings (SSSR count). The molecule has 1 aromatic carbocycles. The lowest BCUT2D eigenvalue weighted by molar-refractivity contribution is -0.152. The molecule has 9 heteroatoms. The van der Waals surface area contributed by atoms with Crippen molar-refractivity contribution >= 4 is 34.9 Å². The molecule has 2 aromatic rings. The van der Waals surface area contributed by atoms with Gasteiger partial charge >= 0.3 is 5.97 Å². The van der Waals surface area contributed by atoms with E-state index in [9.17, 15) is 14.4 Å². The van der Waals surface area contributed by atoms with Crippen molar-refractivity contribution in [2.75, 3.05) is 11.9 Å². The van der Waals surface area contributed by atoms with E-state index >= 15 is 0 Å². The fourth-order valence-corrected chi connectivity index (χ4v) is 8.46. The van der Waals surface area contributed by atoms with Gasteiger partial charge in [-0.25, -0.2) is 4.98 Å². The first-order valence-corrected chi connectivity index (χ1v) is 16.0. The zero-order valence-electron chi connectivity index (χ0n) is 25.3. The summed E-state index contributed by atoms with van der Waals surface area (Å²) in [7, 11) is 0. The molecular formula is C33H45N5O4. The van der Waals surface area contributed by atoms with Gasteiger partial charge in [-0.05, 0) is 89.7 Å². The van der Waals surface area contributed by atoms with Crippen LogP contribution in [0.1, 0.15) is 97.4 Å². The quantitative estimate of drug-likeness (QED) is 0.371. The molecule has 2 saturated heterocycles. The maximum atomic E-state index is 13.9. The van der Waals surface area contributed by atoms with Gasteiger partial charge in [-0.2, -0.15) is 0 Å². The number of hydrogen-bond donors (Lipinski definition) is 1. The van der Waals surface area contributed by atoms with Crippen molar-refractivity contribution in [1.82, 2.24) is 14.5 Å². The SMILES string of the molecule is CC(C)(C)OC(=O)CN=CC(=O)Nc1nc2ccccc2n(C2CC3CCC[C@H](C2)N3C2CC3CCCC(C3)C2)c1=O. The van der Waals surface area contributed by atoms with Crippen molar-refractivity contribution in [2.24, 2.45) is 16.8 Å². The molecule has 0 spiro atoms. The molecule has 42 heavy (non-hydrogen) atoms. The smallest absolute Gasteiger partial charge is 0.328 e. The third-order valence-electron chi connectivity index (χ3n) is 9.78. The highest BCUT2D eigenvalue weighted by Crippen LogP contribution is 2.47. The number of anilines is 1. The molecule has 0 radical (unpaired) electrons. The Morgan fingerprint density at radius 1 is 0.952 bits per heavy atom. The van der Waals surface area contributed by atoms with Crippen molar-refractivity contribution in [2.45, 2.75) is 121 Å². The fourth-order valence-electron chi connectivity index (χ4n) is 8.46. The van der Waals surface area contributed by atoms with E-state index in [0.717, 1.165) is 36.4 Å². The van der Waals surface area contributed by atoms with Gasteiger partial charge in [0.1, 0.15) is 12.1 Å². The third kappa shape index (κ3) is 6.31. The maximum absolute atomic E-state index is 13.9. The summed E-state index contributed by atoms with van der Waals surface area (Å²) < 4.78 is 7.13. The topological polar surface area (TPSA) is 106 Å². The molecule has 4 unspecified atom stereocenters. The Labute approximate surface area is 248 Å². The number of esters is 1. The van der Waals surface area contributed by atoms with E-state index < -0.39 is 17.5 Å². The first-order chi connectivity index (χ1) is 20.1. The lowest BCUT2D eigenvalue weighted by atomic mass is 9.68. The number of nitrogens with one attached hydrogen (secondary N) is 1. The number of rotatable bonds is 6. The minimum Gasteiger partial charge on any atom is -0.459 e. The van der Waals surface area contributed by atoms with Crippen LogP contribution in [0.2, 0.25) is 0 Å². The minimum atomic E-state index is -0.626. The van der Waals surface area contributed by atoms with Crippen molar-refractivity contribution in [3.8, 4) is 0 Å². The van der Waals surface area contributed by atoms with E-state index in [4.69, 9.17) is 4.74 Å². The summed E-state index contributed by atoms with van der Waals surface area (Å²) in [6.45, 7) is 5.05. The summed E-state index contributed by atoms with van der Waals surface area (Å²) in [4.78, 5) is 49.9. The van der Waals surface area contributed by atoms with Gasteiger partial charge in [-0.1, -0.05) is 37.8 Å². The molecule has 4 fully saturated rings. The van der Waals surface area contributed by atoms with Gasteiger partial charge in [0.25, 0.3) is 11.5 Å². The molecule has 226 valence electrons. The van der Waals surface area contributed by atoms with Crippen LogP contribution in [0.5, 0.6) is 0 Å². The average Bonchev–Trinajstić information content (AvgIpc) is 2.91. The van der Waals surface area contributed by atoms with Gasteiger partial charge in [-0.3, -0.25) is 24.3 Å². The summed E-state index contributed by atoms with van der Waals surface area (Å²) in [6, 6.07) is 9.40. The Kier molecular flexibility index (Phi) is 8.22. The molecule has 4 bridgehead atoms. The first-order valence-electron chi connectivity index (χ1n) is 16.0. The van der Waals surface area contributed by atoms with Gasteiger partial charge in [0.15, 0.2) is 5.82 Å². The van der Waals surface area contributed by atoms with Crippen molar-refractivity contribution in [1.29, 1.82) is 0 Å². The molecule has 5 atom stereocenters. The van der Waals surface area contributed by atoms with Crippen LogP contribution in [0, 0.1) is 11.8 Å². The largest absolute Gasteiger partial charge is 0.459 e. The summed E-state index contributed by atoms with van der Waals surface area (Å²) in [5.41, 5.74) is 0.568. The average molecular weight is 576 g/mol. The van der Waals surface area contributed by atoms with E-state index in [1.54, 1.807) is 20.8 Å². The second kappa shape index (κ2) is 11.9. The summed E-state index contributed by atoms with van der Waals surface area (Å²) in [5, 5.41) is 2.64. The number of amides is 1. The number of carbonyl (C=O) groups excluding carboxylic acids is 2. The van der Waals surface area contributed by atoms with Crippen LogP contribution in [0.15, 0.2) is 34.1 Å². The zero-order valence-corrected chi connectivity index (χ0v) is 25.3. The van der Waals surface area contributed by atoms with E-state index in [0.29, 0.717) is 23.6 Å². The van der Waals surface area contributed by atoms with Crippen molar-refractivity contribution in [3.05, 3.63) is 34.6 Å². The van der Waals surface area contributed by atoms with E-state index in [1.165, 1.54) is 57.8 Å². The Morgan fingerprint density at radius 2 is 1.62 bits per heavy atom. The molecule has 2 saturated carbocycles.